The zero-order chi connectivity index (χ0) is 16.4. The third kappa shape index (κ3) is 2.92. The number of nitrogens with one attached hydrogen (secondary N) is 1. The van der Waals surface area contributed by atoms with Crippen molar-refractivity contribution in [2.75, 3.05) is 0 Å². The largest absolute Gasteiger partial charge is 0.477 e. The second-order valence-corrected chi connectivity index (χ2v) is 5.62. The number of amides is 1. The van der Waals surface area contributed by atoms with E-state index in [0.29, 0.717) is 17.3 Å². The Kier molecular flexibility index (Phi) is 3.81. The van der Waals surface area contributed by atoms with Crippen molar-refractivity contribution in [3.8, 4) is 0 Å². The minimum absolute atomic E-state index is 0.106. The maximum absolute atomic E-state index is 12.5. The van der Waals surface area contributed by atoms with E-state index in [-0.39, 0.29) is 11.6 Å². The van der Waals surface area contributed by atoms with Gasteiger partial charge in [-0.25, -0.2) is 9.78 Å². The van der Waals surface area contributed by atoms with Gasteiger partial charge in [0.15, 0.2) is 5.82 Å². The van der Waals surface area contributed by atoms with Gasteiger partial charge in [0, 0.05) is 13.1 Å². The van der Waals surface area contributed by atoms with Crippen molar-refractivity contribution >= 4 is 11.9 Å². The van der Waals surface area contributed by atoms with Crippen molar-refractivity contribution in [2.45, 2.75) is 38.1 Å². The van der Waals surface area contributed by atoms with Gasteiger partial charge in [0.05, 0.1) is 5.56 Å². The zero-order valence-electron chi connectivity index (χ0n) is 12.6. The highest BCUT2D eigenvalue weighted by Crippen LogP contribution is 2.37. The van der Waals surface area contributed by atoms with Crippen LogP contribution in [0.15, 0.2) is 22.9 Å². The summed E-state index contributed by atoms with van der Waals surface area (Å²) in [6, 6.07) is 2.74. The molecule has 8 nitrogen and oxygen atoms in total. The summed E-state index contributed by atoms with van der Waals surface area (Å²) < 4.78 is 5.04. The molecule has 1 aliphatic rings. The van der Waals surface area contributed by atoms with E-state index >= 15 is 0 Å². The van der Waals surface area contributed by atoms with Gasteiger partial charge >= 0.3 is 5.97 Å². The predicted octanol–water partition coefficient (Wildman–Crippen LogP) is 1.67. The Morgan fingerprint density at radius 1 is 1.30 bits per heavy atom. The molecule has 1 aliphatic carbocycles. The van der Waals surface area contributed by atoms with Crippen LogP contribution in [0.4, 0.5) is 0 Å². The number of hydrogen-bond acceptors (Lipinski definition) is 6. The van der Waals surface area contributed by atoms with Crippen LogP contribution < -0.4 is 5.32 Å². The first-order chi connectivity index (χ1) is 11.0. The van der Waals surface area contributed by atoms with Crippen LogP contribution >= 0.6 is 0 Å². The van der Waals surface area contributed by atoms with Gasteiger partial charge in [0.25, 0.3) is 5.91 Å². The minimum atomic E-state index is -1.13. The van der Waals surface area contributed by atoms with Crippen molar-refractivity contribution < 1.29 is 19.2 Å². The van der Waals surface area contributed by atoms with Crippen LogP contribution in [0.5, 0.6) is 0 Å². The summed E-state index contributed by atoms with van der Waals surface area (Å²) in [4.78, 5) is 31.3. The van der Waals surface area contributed by atoms with Crippen LogP contribution in [-0.4, -0.2) is 32.1 Å². The predicted molar refractivity (Wildman–Crippen MR) is 77.8 cm³/mol. The van der Waals surface area contributed by atoms with Crippen LogP contribution in [0.3, 0.4) is 0 Å². The van der Waals surface area contributed by atoms with Gasteiger partial charge in [-0.3, -0.25) is 4.79 Å². The van der Waals surface area contributed by atoms with Crippen molar-refractivity contribution in [3.05, 3.63) is 41.3 Å². The molecule has 0 aromatic carbocycles. The number of carboxylic acids is 1. The molecule has 2 aromatic rings. The lowest BCUT2D eigenvalue weighted by molar-refractivity contribution is 0.0689. The second-order valence-electron chi connectivity index (χ2n) is 5.62. The smallest absolute Gasteiger partial charge is 0.354 e. The van der Waals surface area contributed by atoms with E-state index in [1.807, 2.05) is 0 Å². The molecule has 0 bridgehead atoms. The van der Waals surface area contributed by atoms with Gasteiger partial charge in [-0.05, 0) is 25.0 Å². The molecule has 0 aliphatic heterocycles. The average molecular weight is 316 g/mol. The average Bonchev–Trinajstić information content (AvgIpc) is 3.17. The number of hydrogen-bond donors (Lipinski definition) is 2. The van der Waals surface area contributed by atoms with E-state index in [1.54, 1.807) is 6.92 Å². The maximum Gasteiger partial charge on any atom is 0.354 e. The monoisotopic (exact) mass is 316 g/mol. The first kappa shape index (κ1) is 15.1. The van der Waals surface area contributed by atoms with Gasteiger partial charge in [-0.1, -0.05) is 18.0 Å². The Balaban J connectivity index is 1.83. The van der Waals surface area contributed by atoms with Crippen molar-refractivity contribution in [2.24, 2.45) is 0 Å². The molecule has 0 saturated heterocycles. The van der Waals surface area contributed by atoms with E-state index in [2.05, 4.69) is 20.4 Å². The van der Waals surface area contributed by atoms with Crippen molar-refractivity contribution in [3.63, 3.8) is 0 Å². The second kappa shape index (κ2) is 5.79. The molecule has 2 N–H and O–H groups in total. The fourth-order valence-electron chi connectivity index (χ4n) is 2.82. The molecule has 2 heterocycles. The maximum atomic E-state index is 12.5. The summed E-state index contributed by atoms with van der Waals surface area (Å²) >= 11 is 0. The molecule has 3 rings (SSSR count). The molecule has 1 amide bonds. The first-order valence-corrected chi connectivity index (χ1v) is 7.33. The van der Waals surface area contributed by atoms with E-state index in [0.717, 1.165) is 25.7 Å². The third-order valence-corrected chi connectivity index (χ3v) is 4.01. The highest BCUT2D eigenvalue weighted by molar-refractivity contribution is 5.95. The lowest BCUT2D eigenvalue weighted by Gasteiger charge is -2.26. The fourth-order valence-corrected chi connectivity index (χ4v) is 2.82. The van der Waals surface area contributed by atoms with Gasteiger partial charge < -0.3 is 14.9 Å². The summed E-state index contributed by atoms with van der Waals surface area (Å²) in [5, 5.41) is 15.8. The number of aromatic nitrogens is 3. The van der Waals surface area contributed by atoms with Gasteiger partial charge in [0.1, 0.15) is 11.2 Å². The molecule has 120 valence electrons. The number of aromatic carboxylic acids is 1. The fraction of sp³-hybridized carbons (Fsp3) is 0.400. The lowest BCUT2D eigenvalue weighted by atomic mass is 9.96. The Bertz CT molecular complexity index is 732. The van der Waals surface area contributed by atoms with E-state index in [1.165, 1.54) is 18.3 Å². The summed E-state index contributed by atoms with van der Waals surface area (Å²) in [6.45, 7) is 1.70. The zero-order valence-corrected chi connectivity index (χ0v) is 12.6. The third-order valence-electron chi connectivity index (χ3n) is 4.01. The topological polar surface area (TPSA) is 118 Å². The molecule has 0 atom stereocenters. The number of aryl methyl sites for hydroxylation is 1. The van der Waals surface area contributed by atoms with Gasteiger partial charge in [-0.15, -0.1) is 0 Å². The van der Waals surface area contributed by atoms with Crippen molar-refractivity contribution in [1.29, 1.82) is 0 Å². The van der Waals surface area contributed by atoms with Crippen LogP contribution in [-0.2, 0) is 5.54 Å². The molecule has 0 spiro atoms. The van der Waals surface area contributed by atoms with Crippen LogP contribution in [0.25, 0.3) is 0 Å². The Morgan fingerprint density at radius 3 is 2.57 bits per heavy atom. The Labute approximate surface area is 131 Å². The quantitative estimate of drug-likeness (QED) is 0.880. The number of nitrogens with zero attached hydrogens (tertiary/aromatic N) is 3. The molecule has 0 radical (unpaired) electrons. The number of carboxylic acid groups (broad SMARTS) is 1. The highest BCUT2D eigenvalue weighted by Gasteiger charge is 2.41. The number of pyridine rings is 1. The molecule has 2 aromatic heterocycles. The van der Waals surface area contributed by atoms with E-state index in [9.17, 15) is 9.59 Å². The minimum Gasteiger partial charge on any atom is -0.477 e. The molecule has 1 fully saturated rings. The summed E-state index contributed by atoms with van der Waals surface area (Å²) in [7, 11) is 0. The van der Waals surface area contributed by atoms with Gasteiger partial charge in [-0.2, -0.15) is 4.98 Å². The van der Waals surface area contributed by atoms with E-state index in [4.69, 9.17) is 9.63 Å². The summed E-state index contributed by atoms with van der Waals surface area (Å²) in [5.41, 5.74) is -0.451. The molecular formula is C15H16N4O4. The molecule has 0 unspecified atom stereocenters. The Morgan fingerprint density at radius 2 is 2.04 bits per heavy atom. The molecule has 1 saturated carbocycles. The van der Waals surface area contributed by atoms with Crippen LogP contribution in [0.2, 0.25) is 0 Å². The molecule has 8 heteroatoms. The lowest BCUT2D eigenvalue weighted by Crippen LogP contribution is -2.44. The van der Waals surface area contributed by atoms with E-state index < -0.39 is 11.5 Å². The number of carbonyl (C=O) groups is 2. The normalized spacial score (nSPS) is 16.2. The van der Waals surface area contributed by atoms with Crippen LogP contribution in [0, 0.1) is 6.92 Å². The molecule has 23 heavy (non-hydrogen) atoms. The molecular weight excluding hydrogens is 300 g/mol. The Hall–Kier alpha value is -2.77. The SMILES string of the molecule is Cc1nc(C2(NC(=O)c3ccc(C(=O)O)nc3)CCCC2)no1. The number of carbonyl (C=O) groups excluding carboxylic acids is 1. The van der Waals surface area contributed by atoms with Gasteiger partial charge in [0.2, 0.25) is 5.89 Å². The highest BCUT2D eigenvalue weighted by atomic mass is 16.5. The summed E-state index contributed by atoms with van der Waals surface area (Å²) in [6.07, 6.45) is 4.65. The standard InChI is InChI=1S/C15H16N4O4/c1-9-17-14(19-23-9)15(6-2-3-7-15)18-12(20)10-4-5-11(13(21)22)16-8-10/h4-5,8H,2-3,6-7H2,1H3,(H,18,20)(H,21,22). The van der Waals surface area contributed by atoms with Crippen LogP contribution in [0.1, 0.15) is 58.2 Å². The number of rotatable bonds is 4. The first-order valence-electron chi connectivity index (χ1n) is 7.33. The summed E-state index contributed by atoms with van der Waals surface area (Å²) in [5.74, 6) is -0.533. The van der Waals surface area contributed by atoms with Crippen molar-refractivity contribution in [1.82, 2.24) is 20.4 Å².